The monoisotopic (exact) mass is 252 g/mol. The Morgan fingerprint density at radius 3 is 2.65 bits per heavy atom. The molecule has 0 amide bonds. The predicted molar refractivity (Wildman–Crippen MR) is 68.8 cm³/mol. The maximum Gasteiger partial charge on any atom is 0.139 e. The summed E-state index contributed by atoms with van der Waals surface area (Å²) in [6.07, 6.45) is 3.43. The summed E-state index contributed by atoms with van der Waals surface area (Å²) >= 11 is 5.11. The van der Waals surface area contributed by atoms with Crippen molar-refractivity contribution < 1.29 is 4.74 Å². The van der Waals surface area contributed by atoms with E-state index < -0.39 is 0 Å². The summed E-state index contributed by atoms with van der Waals surface area (Å²) < 4.78 is 5.31. The summed E-state index contributed by atoms with van der Waals surface area (Å²) in [6.45, 7) is 4.11. The molecular formula is C11H16N4OS. The highest BCUT2D eigenvalue weighted by Gasteiger charge is 2.22. The minimum Gasteiger partial charge on any atom is -0.393 e. The van der Waals surface area contributed by atoms with Crippen molar-refractivity contribution >= 4 is 17.2 Å². The molecule has 17 heavy (non-hydrogen) atoms. The van der Waals surface area contributed by atoms with E-state index >= 15 is 0 Å². The van der Waals surface area contributed by atoms with E-state index in [0.29, 0.717) is 10.8 Å². The first kappa shape index (κ1) is 12.3. The van der Waals surface area contributed by atoms with Crippen LogP contribution in [0.15, 0.2) is 18.5 Å². The minimum atomic E-state index is -0.0794. The Labute approximate surface area is 106 Å². The van der Waals surface area contributed by atoms with Crippen LogP contribution in [0.3, 0.4) is 0 Å². The molecule has 1 unspecified atom stereocenters. The van der Waals surface area contributed by atoms with Crippen LogP contribution in [-0.4, -0.2) is 52.7 Å². The summed E-state index contributed by atoms with van der Waals surface area (Å²) in [5, 5.41) is 0. The Bertz CT molecular complexity index is 367. The van der Waals surface area contributed by atoms with Gasteiger partial charge in [0.25, 0.3) is 0 Å². The van der Waals surface area contributed by atoms with Gasteiger partial charge in [0, 0.05) is 32.0 Å². The van der Waals surface area contributed by atoms with E-state index in [1.54, 1.807) is 18.5 Å². The zero-order valence-corrected chi connectivity index (χ0v) is 10.4. The van der Waals surface area contributed by atoms with Crippen LogP contribution in [0.2, 0.25) is 0 Å². The van der Waals surface area contributed by atoms with E-state index in [9.17, 15) is 0 Å². The van der Waals surface area contributed by atoms with Crippen LogP contribution in [0.1, 0.15) is 11.7 Å². The number of hydrogen-bond donors (Lipinski definition) is 1. The van der Waals surface area contributed by atoms with Crippen molar-refractivity contribution in [2.24, 2.45) is 5.73 Å². The van der Waals surface area contributed by atoms with Gasteiger partial charge in [-0.1, -0.05) is 12.2 Å². The number of rotatable bonds is 4. The first-order chi connectivity index (χ1) is 8.27. The molecule has 0 spiro atoms. The van der Waals surface area contributed by atoms with E-state index in [4.69, 9.17) is 22.7 Å². The molecule has 2 heterocycles. The van der Waals surface area contributed by atoms with Crippen molar-refractivity contribution in [3.8, 4) is 0 Å². The molecule has 0 saturated carbocycles. The van der Waals surface area contributed by atoms with Crippen molar-refractivity contribution in [2.45, 2.75) is 5.92 Å². The van der Waals surface area contributed by atoms with E-state index in [0.717, 1.165) is 32.8 Å². The standard InChI is InChI=1S/C11H16N4OS/c12-10(17)9(11-13-2-1-3-14-11)8-15-4-6-16-7-5-15/h1-3,9H,4-8H2,(H2,12,17). The molecule has 0 radical (unpaired) electrons. The van der Waals surface area contributed by atoms with Crippen LogP contribution in [0, 0.1) is 0 Å². The number of thiocarbonyl (C=S) groups is 1. The van der Waals surface area contributed by atoms with Crippen LogP contribution in [0.4, 0.5) is 0 Å². The highest BCUT2D eigenvalue weighted by molar-refractivity contribution is 7.80. The van der Waals surface area contributed by atoms with Gasteiger partial charge in [0.05, 0.1) is 24.1 Å². The van der Waals surface area contributed by atoms with Crippen molar-refractivity contribution in [1.82, 2.24) is 14.9 Å². The lowest BCUT2D eigenvalue weighted by molar-refractivity contribution is 0.0372. The zero-order valence-electron chi connectivity index (χ0n) is 9.58. The maximum atomic E-state index is 5.78. The Morgan fingerprint density at radius 1 is 1.41 bits per heavy atom. The molecule has 2 rings (SSSR count). The van der Waals surface area contributed by atoms with Crippen LogP contribution in [-0.2, 0) is 4.74 Å². The summed E-state index contributed by atoms with van der Waals surface area (Å²) in [5.41, 5.74) is 5.78. The topological polar surface area (TPSA) is 64.3 Å². The molecule has 1 aromatic rings. The molecule has 1 saturated heterocycles. The SMILES string of the molecule is NC(=S)C(CN1CCOCC1)c1ncccn1. The lowest BCUT2D eigenvalue weighted by Gasteiger charge is -2.29. The average molecular weight is 252 g/mol. The molecule has 0 aliphatic carbocycles. The largest absolute Gasteiger partial charge is 0.393 e. The fraction of sp³-hybridized carbons (Fsp3) is 0.545. The zero-order chi connectivity index (χ0) is 12.1. The second-order valence-electron chi connectivity index (χ2n) is 3.97. The second-order valence-corrected chi connectivity index (χ2v) is 4.45. The Balaban J connectivity index is 2.05. The third-order valence-corrected chi connectivity index (χ3v) is 3.07. The molecule has 5 nitrogen and oxygen atoms in total. The molecule has 1 aromatic heterocycles. The lowest BCUT2D eigenvalue weighted by Crippen LogP contribution is -2.41. The van der Waals surface area contributed by atoms with E-state index in [-0.39, 0.29) is 5.92 Å². The Morgan fingerprint density at radius 2 is 2.06 bits per heavy atom. The molecule has 2 N–H and O–H groups in total. The molecule has 1 aliphatic heterocycles. The van der Waals surface area contributed by atoms with Crippen LogP contribution in [0.25, 0.3) is 0 Å². The van der Waals surface area contributed by atoms with Crippen LogP contribution >= 0.6 is 12.2 Å². The van der Waals surface area contributed by atoms with Gasteiger partial charge in [-0.25, -0.2) is 9.97 Å². The van der Waals surface area contributed by atoms with Gasteiger partial charge < -0.3 is 10.5 Å². The van der Waals surface area contributed by atoms with Crippen molar-refractivity contribution in [1.29, 1.82) is 0 Å². The second kappa shape index (κ2) is 6.00. The number of hydrogen-bond acceptors (Lipinski definition) is 5. The fourth-order valence-electron chi connectivity index (χ4n) is 1.83. The lowest BCUT2D eigenvalue weighted by atomic mass is 10.1. The minimum absolute atomic E-state index is 0.0794. The molecule has 1 fully saturated rings. The summed E-state index contributed by atoms with van der Waals surface area (Å²) in [5.74, 6) is 0.621. The quantitative estimate of drug-likeness (QED) is 0.771. The molecule has 92 valence electrons. The third kappa shape index (κ3) is 3.42. The van der Waals surface area contributed by atoms with Crippen molar-refractivity contribution in [2.75, 3.05) is 32.8 Å². The molecule has 0 bridgehead atoms. The van der Waals surface area contributed by atoms with E-state index in [1.807, 2.05) is 0 Å². The first-order valence-corrected chi connectivity index (χ1v) is 6.04. The van der Waals surface area contributed by atoms with Gasteiger partial charge in [-0.05, 0) is 6.07 Å². The highest BCUT2D eigenvalue weighted by Crippen LogP contribution is 2.13. The Hall–Kier alpha value is -1.11. The van der Waals surface area contributed by atoms with Gasteiger partial charge in [-0.2, -0.15) is 0 Å². The smallest absolute Gasteiger partial charge is 0.139 e. The van der Waals surface area contributed by atoms with Gasteiger partial charge in [-0.3, -0.25) is 4.90 Å². The summed E-state index contributed by atoms with van der Waals surface area (Å²) in [4.78, 5) is 11.2. The van der Waals surface area contributed by atoms with E-state index in [1.165, 1.54) is 0 Å². The van der Waals surface area contributed by atoms with Gasteiger partial charge >= 0.3 is 0 Å². The van der Waals surface area contributed by atoms with Gasteiger partial charge in [0.1, 0.15) is 5.82 Å². The van der Waals surface area contributed by atoms with E-state index in [2.05, 4.69) is 14.9 Å². The maximum absolute atomic E-state index is 5.78. The normalized spacial score (nSPS) is 18.8. The number of ether oxygens (including phenoxy) is 1. The summed E-state index contributed by atoms with van der Waals surface area (Å²) in [7, 11) is 0. The number of aromatic nitrogens is 2. The van der Waals surface area contributed by atoms with Crippen LogP contribution < -0.4 is 5.73 Å². The Kier molecular flexibility index (Phi) is 4.36. The molecular weight excluding hydrogens is 236 g/mol. The molecule has 0 aromatic carbocycles. The number of nitrogens with two attached hydrogens (primary N) is 1. The van der Waals surface area contributed by atoms with Gasteiger partial charge in [0.15, 0.2) is 0 Å². The number of morpholine rings is 1. The predicted octanol–water partition coefficient (Wildman–Crippen LogP) is 0.178. The van der Waals surface area contributed by atoms with Gasteiger partial charge in [0.2, 0.25) is 0 Å². The molecule has 1 atom stereocenters. The van der Waals surface area contributed by atoms with Crippen LogP contribution in [0.5, 0.6) is 0 Å². The van der Waals surface area contributed by atoms with Gasteiger partial charge in [-0.15, -0.1) is 0 Å². The molecule has 6 heteroatoms. The summed E-state index contributed by atoms with van der Waals surface area (Å²) in [6, 6.07) is 1.79. The highest BCUT2D eigenvalue weighted by atomic mass is 32.1. The average Bonchev–Trinajstić information content (AvgIpc) is 2.38. The van der Waals surface area contributed by atoms with Crippen molar-refractivity contribution in [3.05, 3.63) is 24.3 Å². The molecule has 1 aliphatic rings. The van der Waals surface area contributed by atoms with Crippen molar-refractivity contribution in [3.63, 3.8) is 0 Å². The fourth-order valence-corrected chi connectivity index (χ4v) is 2.01. The first-order valence-electron chi connectivity index (χ1n) is 5.63. The number of nitrogens with zero attached hydrogens (tertiary/aromatic N) is 3. The third-order valence-electron chi connectivity index (χ3n) is 2.79.